The van der Waals surface area contributed by atoms with E-state index in [4.69, 9.17) is 4.74 Å². The third-order valence-electron chi connectivity index (χ3n) is 6.38. The number of fused-ring (bicyclic) bond motifs is 1. The van der Waals surface area contributed by atoms with E-state index in [1.165, 1.54) is 68.3 Å². The summed E-state index contributed by atoms with van der Waals surface area (Å²) < 4.78 is 5.53. The highest BCUT2D eigenvalue weighted by molar-refractivity contribution is 5.72. The second-order valence-corrected chi connectivity index (χ2v) is 8.45. The Labute approximate surface area is 162 Å². The van der Waals surface area contributed by atoms with Crippen LogP contribution in [0.2, 0.25) is 0 Å². The van der Waals surface area contributed by atoms with Gasteiger partial charge in [0.15, 0.2) is 0 Å². The lowest BCUT2D eigenvalue weighted by molar-refractivity contribution is 0.273. The zero-order valence-electron chi connectivity index (χ0n) is 16.3. The largest absolute Gasteiger partial charge is 0.497 e. The minimum absolute atomic E-state index is 0.746. The van der Waals surface area contributed by atoms with Crippen molar-refractivity contribution in [3.05, 3.63) is 63.7 Å². The number of ether oxygens (including phenoxy) is 1. The topological polar surface area (TPSA) is 12.5 Å². The number of aryl methyl sites for hydroxylation is 2. The van der Waals surface area contributed by atoms with E-state index < -0.39 is 0 Å². The average Bonchev–Trinajstić information content (AvgIpc) is 3.53. The molecule has 0 aromatic heterocycles. The van der Waals surface area contributed by atoms with Crippen molar-refractivity contribution in [1.29, 1.82) is 0 Å². The van der Waals surface area contributed by atoms with Gasteiger partial charge in [0.25, 0.3) is 0 Å². The Kier molecular flexibility index (Phi) is 4.53. The normalized spacial score (nSPS) is 19.7. The predicted octanol–water partition coefficient (Wildman–Crippen LogP) is 5.44. The summed E-state index contributed by atoms with van der Waals surface area (Å²) in [5, 5.41) is 0. The maximum Gasteiger partial charge on any atom is 0.119 e. The van der Waals surface area contributed by atoms with Crippen molar-refractivity contribution in [1.82, 2.24) is 4.90 Å². The van der Waals surface area contributed by atoms with Gasteiger partial charge in [0.1, 0.15) is 5.75 Å². The molecule has 27 heavy (non-hydrogen) atoms. The summed E-state index contributed by atoms with van der Waals surface area (Å²) in [6.07, 6.45) is 12.2. The van der Waals surface area contributed by atoms with Crippen LogP contribution in [-0.2, 0) is 19.4 Å². The lowest BCUT2D eigenvalue weighted by Crippen LogP contribution is -2.23. The molecule has 0 radical (unpaired) electrons. The maximum absolute atomic E-state index is 5.53. The minimum atomic E-state index is 0.746. The molecule has 0 spiro atoms. The van der Waals surface area contributed by atoms with Gasteiger partial charge in [-0.25, -0.2) is 0 Å². The number of methoxy groups -OCH3 is 1. The van der Waals surface area contributed by atoms with Crippen LogP contribution < -0.4 is 4.74 Å². The molecule has 0 N–H and O–H groups in total. The number of benzene rings is 2. The fourth-order valence-corrected chi connectivity index (χ4v) is 4.75. The molecular formula is C25H29NO. The molecule has 2 aliphatic heterocycles. The summed E-state index contributed by atoms with van der Waals surface area (Å²) in [5.41, 5.74) is 8.84. The van der Waals surface area contributed by atoms with Crippen LogP contribution in [0.15, 0.2) is 30.3 Å². The first-order chi connectivity index (χ1) is 13.3. The summed E-state index contributed by atoms with van der Waals surface area (Å²) in [6.45, 7) is 3.68. The highest BCUT2D eigenvalue weighted by Gasteiger charge is 2.24. The van der Waals surface area contributed by atoms with Crippen LogP contribution in [0.5, 0.6) is 5.75 Å². The summed E-state index contributed by atoms with van der Waals surface area (Å²) >= 11 is 0. The Balaban J connectivity index is 1.47. The fraction of sp³-hybridized carbons (Fsp3) is 0.440. The van der Waals surface area contributed by atoms with Gasteiger partial charge >= 0.3 is 0 Å². The van der Waals surface area contributed by atoms with Crippen molar-refractivity contribution in [3.8, 4) is 5.75 Å². The lowest BCUT2D eigenvalue weighted by Gasteiger charge is -2.17. The zero-order valence-corrected chi connectivity index (χ0v) is 16.3. The van der Waals surface area contributed by atoms with Gasteiger partial charge in [0.05, 0.1) is 7.11 Å². The first-order valence-electron chi connectivity index (χ1n) is 10.5. The molecule has 0 saturated heterocycles. The molecule has 0 unspecified atom stereocenters. The molecule has 140 valence electrons. The molecule has 1 fully saturated rings. The molecule has 5 rings (SSSR count). The quantitative estimate of drug-likeness (QED) is 0.674. The Hall–Kier alpha value is -2.06. The SMILES string of the molecule is COc1cc(/C=C/c2cc3c4c(c2)CCCN(CCC3)C4)cc(C2CC2)c1. The molecule has 2 heteroatoms. The molecular weight excluding hydrogens is 330 g/mol. The van der Waals surface area contributed by atoms with E-state index >= 15 is 0 Å². The van der Waals surface area contributed by atoms with Gasteiger partial charge in [-0.1, -0.05) is 30.4 Å². The molecule has 2 nitrogen and oxygen atoms in total. The number of rotatable bonds is 4. The smallest absolute Gasteiger partial charge is 0.119 e. The third-order valence-corrected chi connectivity index (χ3v) is 6.38. The first-order valence-corrected chi connectivity index (χ1v) is 10.5. The Morgan fingerprint density at radius 2 is 1.56 bits per heavy atom. The standard InChI is InChI=1S/C25H29NO/c1-27-24-15-19(14-23(16-24)20-8-9-20)7-6-18-12-21-4-2-10-26-11-3-5-22(13-18)25(21)17-26/h6-7,12-16,20H,2-5,8-11,17H2,1H3/b7-6+. The van der Waals surface area contributed by atoms with Crippen LogP contribution in [0, 0.1) is 0 Å². The summed E-state index contributed by atoms with van der Waals surface area (Å²) in [5.74, 6) is 1.73. The van der Waals surface area contributed by atoms with Crippen molar-refractivity contribution in [3.63, 3.8) is 0 Å². The van der Waals surface area contributed by atoms with E-state index in [2.05, 4.69) is 47.4 Å². The Bertz CT molecular complexity index is 847. The second kappa shape index (κ2) is 7.16. The van der Waals surface area contributed by atoms with Gasteiger partial charge in [-0.2, -0.15) is 0 Å². The van der Waals surface area contributed by atoms with E-state index in [0.717, 1.165) is 18.2 Å². The highest BCUT2D eigenvalue weighted by atomic mass is 16.5. The van der Waals surface area contributed by atoms with Crippen LogP contribution in [0.4, 0.5) is 0 Å². The first kappa shape index (κ1) is 17.1. The third kappa shape index (κ3) is 3.68. The van der Waals surface area contributed by atoms with Gasteiger partial charge in [0.2, 0.25) is 0 Å². The van der Waals surface area contributed by atoms with Crippen LogP contribution in [0.1, 0.15) is 65.0 Å². The summed E-state index contributed by atoms with van der Waals surface area (Å²) in [6, 6.07) is 11.6. The molecule has 0 atom stereocenters. The van der Waals surface area contributed by atoms with Gasteiger partial charge in [0, 0.05) is 6.54 Å². The van der Waals surface area contributed by atoms with Gasteiger partial charge in [-0.15, -0.1) is 0 Å². The van der Waals surface area contributed by atoms with Crippen LogP contribution in [0.3, 0.4) is 0 Å². The molecule has 1 saturated carbocycles. The molecule has 1 aliphatic carbocycles. The maximum atomic E-state index is 5.53. The molecule has 2 aromatic rings. The van der Waals surface area contributed by atoms with Crippen molar-refractivity contribution in [2.75, 3.05) is 20.2 Å². The van der Waals surface area contributed by atoms with E-state index in [1.807, 2.05) is 0 Å². The number of hydrogen-bond donors (Lipinski definition) is 0. The molecule has 0 amide bonds. The van der Waals surface area contributed by atoms with E-state index in [1.54, 1.807) is 23.8 Å². The van der Waals surface area contributed by atoms with Gasteiger partial charge in [-0.3, -0.25) is 4.90 Å². The van der Waals surface area contributed by atoms with Crippen molar-refractivity contribution in [2.45, 2.75) is 51.0 Å². The van der Waals surface area contributed by atoms with Crippen LogP contribution in [-0.4, -0.2) is 25.1 Å². The number of hydrogen-bond acceptors (Lipinski definition) is 2. The van der Waals surface area contributed by atoms with Crippen LogP contribution in [0.25, 0.3) is 12.2 Å². The summed E-state index contributed by atoms with van der Waals surface area (Å²) in [7, 11) is 1.77. The Morgan fingerprint density at radius 3 is 2.19 bits per heavy atom. The fourth-order valence-electron chi connectivity index (χ4n) is 4.75. The molecule has 3 aliphatic rings. The lowest BCUT2D eigenvalue weighted by atomic mass is 9.93. The highest BCUT2D eigenvalue weighted by Crippen LogP contribution is 2.41. The minimum Gasteiger partial charge on any atom is -0.497 e. The van der Waals surface area contributed by atoms with E-state index in [9.17, 15) is 0 Å². The van der Waals surface area contributed by atoms with Crippen molar-refractivity contribution >= 4 is 12.2 Å². The van der Waals surface area contributed by atoms with Crippen molar-refractivity contribution in [2.24, 2.45) is 0 Å². The number of nitrogens with zero attached hydrogens (tertiary/aromatic N) is 1. The molecule has 2 heterocycles. The zero-order chi connectivity index (χ0) is 18.2. The van der Waals surface area contributed by atoms with E-state index in [0.29, 0.717) is 0 Å². The molecule has 2 aromatic carbocycles. The monoisotopic (exact) mass is 359 g/mol. The Morgan fingerprint density at radius 1 is 0.889 bits per heavy atom. The van der Waals surface area contributed by atoms with Gasteiger partial charge in [-0.05, 0) is 103 Å². The van der Waals surface area contributed by atoms with Crippen LogP contribution >= 0.6 is 0 Å². The van der Waals surface area contributed by atoms with Crippen molar-refractivity contribution < 1.29 is 4.74 Å². The van der Waals surface area contributed by atoms with E-state index in [-0.39, 0.29) is 0 Å². The second-order valence-electron chi connectivity index (χ2n) is 8.45. The molecule has 2 bridgehead atoms. The predicted molar refractivity (Wildman–Crippen MR) is 112 cm³/mol. The van der Waals surface area contributed by atoms with Gasteiger partial charge < -0.3 is 4.74 Å². The average molecular weight is 360 g/mol. The summed E-state index contributed by atoms with van der Waals surface area (Å²) in [4.78, 5) is 2.65.